The molecular weight excluding hydrogens is 196 g/mol. The summed E-state index contributed by atoms with van der Waals surface area (Å²) in [5.74, 6) is -9.56. The highest BCUT2D eigenvalue weighted by Crippen LogP contribution is 2.35. The van der Waals surface area contributed by atoms with E-state index in [0.717, 1.165) is 0 Å². The quantitative estimate of drug-likeness (QED) is 0.244. The first-order chi connectivity index (χ1) is 5.75. The van der Waals surface area contributed by atoms with Crippen molar-refractivity contribution < 1.29 is 35.7 Å². The average Bonchev–Trinajstić information content (AvgIpc) is 1.81. The maximum absolute atomic E-state index is 9.39. The van der Waals surface area contributed by atoms with E-state index in [2.05, 4.69) is 0 Å². The second-order valence-electron chi connectivity index (χ2n) is 3.79. The van der Waals surface area contributed by atoms with Gasteiger partial charge < -0.3 is 35.7 Å². The highest BCUT2D eigenvalue weighted by molar-refractivity contribution is 5.01. The molecule has 0 rings (SSSR count). The first kappa shape index (κ1) is 13.7. The fraction of sp³-hybridized carbons (Fsp3) is 1.00. The Morgan fingerprint density at radius 3 is 0.929 bits per heavy atom. The molecule has 86 valence electrons. The Labute approximate surface area is 80.5 Å². The molecule has 7 heteroatoms. The minimum absolute atomic E-state index is 0.577. The lowest BCUT2D eigenvalue weighted by atomic mass is 9.82. The second-order valence-corrected chi connectivity index (χ2v) is 3.79. The third-order valence-corrected chi connectivity index (χ3v) is 2.26. The van der Waals surface area contributed by atoms with Gasteiger partial charge in [0, 0.05) is 0 Å². The lowest BCUT2D eigenvalue weighted by Crippen LogP contribution is -2.73. The van der Waals surface area contributed by atoms with Crippen LogP contribution in [0.25, 0.3) is 0 Å². The second kappa shape index (κ2) is 3.11. The summed E-state index contributed by atoms with van der Waals surface area (Å²) in [5.41, 5.74) is -2.96. The summed E-state index contributed by atoms with van der Waals surface area (Å²) in [4.78, 5) is 0. The van der Waals surface area contributed by atoms with E-state index in [1.54, 1.807) is 0 Å². The monoisotopic (exact) mass is 212 g/mol. The number of hydrogen-bond acceptors (Lipinski definition) is 7. The molecule has 0 aromatic rings. The van der Waals surface area contributed by atoms with Gasteiger partial charge in [0.15, 0.2) is 11.4 Å². The van der Waals surface area contributed by atoms with Crippen LogP contribution in [0, 0.1) is 0 Å². The number of hydrogen-bond donors (Lipinski definition) is 7. The van der Waals surface area contributed by atoms with Crippen LogP contribution in [0.3, 0.4) is 0 Å². The van der Waals surface area contributed by atoms with Crippen LogP contribution < -0.4 is 0 Å². The van der Waals surface area contributed by atoms with E-state index in [1.165, 1.54) is 0 Å². The molecule has 7 N–H and O–H groups in total. The van der Waals surface area contributed by atoms with Gasteiger partial charge in [-0.2, -0.15) is 0 Å². The van der Waals surface area contributed by atoms with Crippen molar-refractivity contribution in [3.05, 3.63) is 0 Å². The summed E-state index contributed by atoms with van der Waals surface area (Å²) in [7, 11) is 0. The van der Waals surface area contributed by atoms with E-state index in [9.17, 15) is 15.3 Å². The van der Waals surface area contributed by atoms with Crippen LogP contribution >= 0.6 is 0 Å². The minimum Gasteiger partial charge on any atom is -0.379 e. The molecule has 0 fully saturated rings. The third kappa shape index (κ3) is 1.89. The van der Waals surface area contributed by atoms with E-state index in [0.29, 0.717) is 20.8 Å². The largest absolute Gasteiger partial charge is 0.379 e. The van der Waals surface area contributed by atoms with E-state index < -0.39 is 23.0 Å². The molecule has 14 heavy (non-hydrogen) atoms. The zero-order valence-electron chi connectivity index (χ0n) is 8.13. The van der Waals surface area contributed by atoms with Gasteiger partial charge in [-0.3, -0.25) is 0 Å². The van der Waals surface area contributed by atoms with Gasteiger partial charge in [0.25, 0.3) is 5.79 Å². The summed E-state index contributed by atoms with van der Waals surface area (Å²) in [5, 5.41) is 63.6. The molecule has 0 aromatic carbocycles. The number of aliphatic hydroxyl groups is 7. The highest BCUT2D eigenvalue weighted by Gasteiger charge is 2.64. The van der Waals surface area contributed by atoms with Gasteiger partial charge in [-0.25, -0.2) is 0 Å². The van der Waals surface area contributed by atoms with Gasteiger partial charge >= 0.3 is 0 Å². The fourth-order valence-electron chi connectivity index (χ4n) is 0.791. The Kier molecular flexibility index (Phi) is 3.04. The Balaban J connectivity index is 5.30. The molecule has 7 nitrogen and oxygen atoms in total. The van der Waals surface area contributed by atoms with Crippen molar-refractivity contribution in [3.8, 4) is 0 Å². The first-order valence-corrected chi connectivity index (χ1v) is 3.82. The smallest absolute Gasteiger partial charge is 0.253 e. The molecule has 0 aliphatic heterocycles. The zero-order chi connectivity index (χ0) is 12.0. The fourth-order valence-corrected chi connectivity index (χ4v) is 0.791. The molecule has 0 aliphatic carbocycles. The molecule has 1 unspecified atom stereocenters. The molecule has 0 radical (unpaired) electrons. The van der Waals surface area contributed by atoms with Crippen LogP contribution in [0.5, 0.6) is 0 Å². The molecule has 0 aliphatic rings. The molecule has 0 saturated heterocycles. The zero-order valence-corrected chi connectivity index (χ0v) is 8.13. The van der Waals surface area contributed by atoms with Crippen molar-refractivity contribution in [2.75, 3.05) is 0 Å². The Bertz CT molecular complexity index is 183. The van der Waals surface area contributed by atoms with Crippen LogP contribution in [0.4, 0.5) is 0 Å². The summed E-state index contributed by atoms with van der Waals surface area (Å²) in [6.45, 7) is 1.88. The first-order valence-electron chi connectivity index (χ1n) is 3.82. The molecule has 0 bridgehead atoms. The van der Waals surface area contributed by atoms with Gasteiger partial charge in [-0.1, -0.05) is 0 Å². The van der Waals surface area contributed by atoms with Gasteiger partial charge in [0.05, 0.1) is 0 Å². The SMILES string of the molecule is CC(O)(O)C(C)(O)C(O)(O)C(C)(O)O. The standard InChI is InChI=1S/C7H16O7/c1-4(8,5(2,9)10)7(13,14)6(3,11)12/h8-14H,1-3H3. The molecule has 0 spiro atoms. The molecule has 0 saturated carbocycles. The summed E-state index contributed by atoms with van der Waals surface area (Å²) < 4.78 is 0. The van der Waals surface area contributed by atoms with Crippen molar-refractivity contribution >= 4 is 0 Å². The van der Waals surface area contributed by atoms with Gasteiger partial charge in [0.1, 0.15) is 0 Å². The Hall–Kier alpha value is -0.280. The third-order valence-electron chi connectivity index (χ3n) is 2.26. The van der Waals surface area contributed by atoms with Crippen molar-refractivity contribution in [3.63, 3.8) is 0 Å². The van der Waals surface area contributed by atoms with Gasteiger partial charge in [0.2, 0.25) is 5.79 Å². The van der Waals surface area contributed by atoms with Crippen LogP contribution in [0.1, 0.15) is 20.8 Å². The van der Waals surface area contributed by atoms with Crippen molar-refractivity contribution in [2.24, 2.45) is 0 Å². The van der Waals surface area contributed by atoms with Gasteiger partial charge in [-0.15, -0.1) is 0 Å². The predicted octanol–water partition coefficient (Wildman–Crippen LogP) is -3.18. The Morgan fingerprint density at radius 2 is 0.857 bits per heavy atom. The highest BCUT2D eigenvalue weighted by atomic mass is 16.6. The van der Waals surface area contributed by atoms with E-state index in [4.69, 9.17) is 20.4 Å². The van der Waals surface area contributed by atoms with Crippen LogP contribution in [-0.2, 0) is 0 Å². The molecule has 0 heterocycles. The van der Waals surface area contributed by atoms with Crippen LogP contribution in [0.15, 0.2) is 0 Å². The van der Waals surface area contributed by atoms with Crippen molar-refractivity contribution in [2.45, 2.75) is 43.7 Å². The lowest BCUT2D eigenvalue weighted by molar-refractivity contribution is -0.442. The van der Waals surface area contributed by atoms with Crippen LogP contribution in [0.2, 0.25) is 0 Å². The molecule has 0 aromatic heterocycles. The van der Waals surface area contributed by atoms with E-state index >= 15 is 0 Å². The van der Waals surface area contributed by atoms with Crippen molar-refractivity contribution in [1.29, 1.82) is 0 Å². The lowest BCUT2D eigenvalue weighted by Gasteiger charge is -2.46. The summed E-state index contributed by atoms with van der Waals surface area (Å²) >= 11 is 0. The maximum Gasteiger partial charge on any atom is 0.253 e. The van der Waals surface area contributed by atoms with Crippen molar-refractivity contribution in [1.82, 2.24) is 0 Å². The average molecular weight is 212 g/mol. The predicted molar refractivity (Wildman–Crippen MR) is 43.5 cm³/mol. The summed E-state index contributed by atoms with van der Waals surface area (Å²) in [6.07, 6.45) is 0. The molecule has 0 amide bonds. The maximum atomic E-state index is 9.39. The topological polar surface area (TPSA) is 142 Å². The molecular formula is C7H16O7. The number of rotatable bonds is 3. The molecule has 1 atom stereocenters. The van der Waals surface area contributed by atoms with E-state index in [1.807, 2.05) is 0 Å². The minimum atomic E-state index is -3.52. The summed E-state index contributed by atoms with van der Waals surface area (Å²) in [6, 6.07) is 0. The van der Waals surface area contributed by atoms with Crippen LogP contribution in [-0.4, -0.2) is 58.7 Å². The van der Waals surface area contributed by atoms with Gasteiger partial charge in [-0.05, 0) is 20.8 Å². The normalized spacial score (nSPS) is 19.3. The Morgan fingerprint density at radius 1 is 0.571 bits per heavy atom. The van der Waals surface area contributed by atoms with E-state index in [-0.39, 0.29) is 0 Å².